The maximum absolute atomic E-state index is 12.2. The summed E-state index contributed by atoms with van der Waals surface area (Å²) in [6.07, 6.45) is 1.53. The van der Waals surface area contributed by atoms with Crippen LogP contribution in [0.3, 0.4) is 0 Å². The van der Waals surface area contributed by atoms with E-state index in [9.17, 15) is 9.59 Å². The first kappa shape index (κ1) is 16.5. The van der Waals surface area contributed by atoms with Crippen LogP contribution in [-0.2, 0) is 7.05 Å². The zero-order valence-corrected chi connectivity index (χ0v) is 13.7. The van der Waals surface area contributed by atoms with Gasteiger partial charge in [0.1, 0.15) is 0 Å². The number of nitrogens with one attached hydrogen (secondary N) is 2. The summed E-state index contributed by atoms with van der Waals surface area (Å²) in [6, 6.07) is 5.37. The first-order chi connectivity index (χ1) is 10.8. The average Bonchev–Trinajstić information content (AvgIpc) is 2.82. The summed E-state index contributed by atoms with van der Waals surface area (Å²) in [7, 11) is 1.65. The maximum atomic E-state index is 12.2. The first-order valence-corrected chi connectivity index (χ1v) is 7.26. The molecule has 2 rings (SSSR count). The van der Waals surface area contributed by atoms with Gasteiger partial charge in [-0.3, -0.25) is 9.48 Å². The molecule has 1 atom stereocenters. The molecule has 1 heterocycles. The van der Waals surface area contributed by atoms with Crippen molar-refractivity contribution in [2.45, 2.75) is 26.8 Å². The number of nitrogens with zero attached hydrogens (tertiary/aromatic N) is 2. The third kappa shape index (κ3) is 3.68. The third-order valence-corrected chi connectivity index (χ3v) is 3.77. The monoisotopic (exact) mass is 315 g/mol. The molecule has 0 saturated carbocycles. The highest BCUT2D eigenvalue weighted by Gasteiger charge is 2.17. The fourth-order valence-corrected chi connectivity index (χ4v) is 2.44. The molecule has 1 aromatic heterocycles. The summed E-state index contributed by atoms with van der Waals surface area (Å²) < 4.78 is 1.42. The van der Waals surface area contributed by atoms with Crippen molar-refractivity contribution >= 4 is 17.6 Å². The minimum Gasteiger partial charge on any atom is -0.364 e. The molecule has 0 radical (unpaired) electrons. The van der Waals surface area contributed by atoms with Gasteiger partial charge in [-0.25, -0.2) is 4.79 Å². The van der Waals surface area contributed by atoms with Gasteiger partial charge >= 0.3 is 6.03 Å². The van der Waals surface area contributed by atoms with E-state index < -0.39 is 11.9 Å². The molecule has 0 spiro atoms. The smallest absolute Gasteiger partial charge is 0.319 e. The van der Waals surface area contributed by atoms with Crippen LogP contribution in [0.1, 0.15) is 40.1 Å². The van der Waals surface area contributed by atoms with Crippen LogP contribution in [0, 0.1) is 13.8 Å². The molecule has 0 bridgehead atoms. The van der Waals surface area contributed by atoms with Gasteiger partial charge in [-0.05, 0) is 37.5 Å². The van der Waals surface area contributed by atoms with Gasteiger partial charge in [-0.1, -0.05) is 18.2 Å². The van der Waals surface area contributed by atoms with Gasteiger partial charge in [-0.2, -0.15) is 5.10 Å². The molecule has 0 fully saturated rings. The lowest BCUT2D eigenvalue weighted by molar-refractivity contribution is 0.0995. The molecule has 7 heteroatoms. The molecule has 122 valence electrons. The molecule has 0 aliphatic rings. The quantitative estimate of drug-likeness (QED) is 0.804. The molecule has 0 aliphatic carbocycles. The van der Waals surface area contributed by atoms with Crippen LogP contribution in [0.25, 0.3) is 0 Å². The molecule has 3 amide bonds. The number of aromatic nitrogens is 2. The zero-order valence-electron chi connectivity index (χ0n) is 13.7. The van der Waals surface area contributed by atoms with E-state index in [4.69, 9.17) is 5.73 Å². The topological polar surface area (TPSA) is 102 Å². The summed E-state index contributed by atoms with van der Waals surface area (Å²) >= 11 is 0. The Balaban J connectivity index is 2.11. The van der Waals surface area contributed by atoms with Crippen molar-refractivity contribution in [3.05, 3.63) is 46.8 Å². The summed E-state index contributed by atoms with van der Waals surface area (Å²) in [5.74, 6) is -0.691. The Morgan fingerprint density at radius 1 is 1.30 bits per heavy atom. The Morgan fingerprint density at radius 2 is 2.00 bits per heavy atom. The number of carbonyl (C=O) groups excluding carboxylic acids is 2. The van der Waals surface area contributed by atoms with Gasteiger partial charge < -0.3 is 16.4 Å². The SMILES string of the molecule is Cc1cccc(C(C)NC(=O)Nc2cn(C)nc2C(N)=O)c1C. The Kier molecular flexibility index (Phi) is 4.68. The summed E-state index contributed by atoms with van der Waals surface area (Å²) in [4.78, 5) is 23.5. The van der Waals surface area contributed by atoms with Crippen LogP contribution < -0.4 is 16.4 Å². The number of aryl methyl sites for hydroxylation is 2. The predicted octanol–water partition coefficient (Wildman–Crippen LogP) is 2.02. The largest absolute Gasteiger partial charge is 0.364 e. The minimum absolute atomic E-state index is 0.0297. The van der Waals surface area contributed by atoms with E-state index in [1.54, 1.807) is 7.05 Å². The zero-order chi connectivity index (χ0) is 17.1. The van der Waals surface area contributed by atoms with Crippen LogP contribution in [-0.4, -0.2) is 21.7 Å². The Morgan fingerprint density at radius 3 is 2.65 bits per heavy atom. The highest BCUT2D eigenvalue weighted by molar-refractivity contribution is 6.01. The van der Waals surface area contributed by atoms with Gasteiger partial charge in [-0.15, -0.1) is 0 Å². The number of nitrogens with two attached hydrogens (primary N) is 1. The lowest BCUT2D eigenvalue weighted by atomic mass is 9.98. The Bertz CT molecular complexity index is 751. The number of amides is 3. The van der Waals surface area contributed by atoms with Gasteiger partial charge in [0.2, 0.25) is 0 Å². The second kappa shape index (κ2) is 6.51. The average molecular weight is 315 g/mol. The van der Waals surface area contributed by atoms with Gasteiger partial charge in [0.25, 0.3) is 5.91 Å². The van der Waals surface area contributed by atoms with E-state index in [1.807, 2.05) is 39.0 Å². The maximum Gasteiger partial charge on any atom is 0.319 e. The number of urea groups is 1. The lowest BCUT2D eigenvalue weighted by Gasteiger charge is -2.18. The molecule has 7 nitrogen and oxygen atoms in total. The molecule has 4 N–H and O–H groups in total. The van der Waals surface area contributed by atoms with Crippen molar-refractivity contribution in [1.29, 1.82) is 0 Å². The molecule has 1 unspecified atom stereocenters. The summed E-state index contributed by atoms with van der Waals surface area (Å²) in [5, 5.41) is 9.39. The number of rotatable bonds is 4. The van der Waals surface area contributed by atoms with Crippen molar-refractivity contribution in [2.24, 2.45) is 12.8 Å². The van der Waals surface area contributed by atoms with Gasteiger partial charge in [0.05, 0.1) is 11.7 Å². The molecule has 23 heavy (non-hydrogen) atoms. The normalized spacial score (nSPS) is 11.8. The number of hydrogen-bond donors (Lipinski definition) is 3. The second-order valence-corrected chi connectivity index (χ2v) is 5.54. The molecular formula is C16H21N5O2. The molecule has 0 saturated heterocycles. The van der Waals surface area contributed by atoms with Crippen LogP contribution in [0.2, 0.25) is 0 Å². The van der Waals surface area contributed by atoms with Crippen LogP contribution in [0.15, 0.2) is 24.4 Å². The van der Waals surface area contributed by atoms with E-state index in [0.29, 0.717) is 0 Å². The molecular weight excluding hydrogens is 294 g/mol. The molecule has 0 aliphatic heterocycles. The van der Waals surface area contributed by atoms with Crippen molar-refractivity contribution in [1.82, 2.24) is 15.1 Å². The summed E-state index contributed by atoms with van der Waals surface area (Å²) in [6.45, 7) is 5.95. The number of benzene rings is 1. The van der Waals surface area contributed by atoms with Crippen LogP contribution >= 0.6 is 0 Å². The van der Waals surface area contributed by atoms with Crippen molar-refractivity contribution in [2.75, 3.05) is 5.32 Å². The third-order valence-electron chi connectivity index (χ3n) is 3.77. The van der Waals surface area contributed by atoms with E-state index in [-0.39, 0.29) is 17.4 Å². The molecule has 2 aromatic rings. The van der Waals surface area contributed by atoms with Crippen molar-refractivity contribution in [3.8, 4) is 0 Å². The van der Waals surface area contributed by atoms with Crippen LogP contribution in [0.5, 0.6) is 0 Å². The minimum atomic E-state index is -0.691. The number of anilines is 1. The Labute approximate surface area is 134 Å². The second-order valence-electron chi connectivity index (χ2n) is 5.54. The van der Waals surface area contributed by atoms with E-state index in [0.717, 1.165) is 11.1 Å². The number of hydrogen-bond acceptors (Lipinski definition) is 3. The van der Waals surface area contributed by atoms with Crippen LogP contribution in [0.4, 0.5) is 10.5 Å². The highest BCUT2D eigenvalue weighted by atomic mass is 16.2. The lowest BCUT2D eigenvalue weighted by Crippen LogP contribution is -2.32. The van der Waals surface area contributed by atoms with Crippen molar-refractivity contribution < 1.29 is 9.59 Å². The number of primary amides is 1. The fraction of sp³-hybridized carbons (Fsp3) is 0.312. The van der Waals surface area contributed by atoms with E-state index >= 15 is 0 Å². The number of carbonyl (C=O) groups is 2. The predicted molar refractivity (Wildman–Crippen MR) is 88.2 cm³/mol. The standard InChI is InChI=1S/C16H21N5O2/c1-9-6-5-7-12(10(9)2)11(3)18-16(23)19-13-8-21(4)20-14(13)15(17)22/h5-8,11H,1-4H3,(H2,17,22)(H2,18,19,23). The van der Waals surface area contributed by atoms with E-state index in [2.05, 4.69) is 15.7 Å². The van der Waals surface area contributed by atoms with E-state index in [1.165, 1.54) is 16.4 Å². The molecule has 1 aromatic carbocycles. The highest BCUT2D eigenvalue weighted by Crippen LogP contribution is 2.20. The van der Waals surface area contributed by atoms with Gasteiger partial charge in [0, 0.05) is 13.2 Å². The summed E-state index contributed by atoms with van der Waals surface area (Å²) in [5.41, 5.74) is 8.91. The Hall–Kier alpha value is -2.83. The fourth-order valence-electron chi connectivity index (χ4n) is 2.44. The first-order valence-electron chi connectivity index (χ1n) is 7.26. The van der Waals surface area contributed by atoms with Crippen molar-refractivity contribution in [3.63, 3.8) is 0 Å². The van der Waals surface area contributed by atoms with Gasteiger partial charge in [0.15, 0.2) is 5.69 Å².